The molecule has 1 heterocycles. The van der Waals surface area contributed by atoms with Gasteiger partial charge in [0.25, 0.3) is 0 Å². The van der Waals surface area contributed by atoms with Gasteiger partial charge in [0.2, 0.25) is 10.0 Å². The maximum Gasteiger partial charge on any atom is 0.410 e. The van der Waals surface area contributed by atoms with Gasteiger partial charge < -0.3 is 9.64 Å². The van der Waals surface area contributed by atoms with Crippen LogP contribution in [0.1, 0.15) is 26.3 Å². The first-order valence-electron chi connectivity index (χ1n) is 7.75. The van der Waals surface area contributed by atoms with Crippen molar-refractivity contribution in [3.8, 4) is 0 Å². The Morgan fingerprint density at radius 2 is 1.75 bits per heavy atom. The first-order chi connectivity index (χ1) is 11.0. The van der Waals surface area contributed by atoms with Crippen LogP contribution in [0.3, 0.4) is 0 Å². The molecule has 0 atom stereocenters. The third kappa shape index (κ3) is 4.40. The molecule has 0 N–H and O–H groups in total. The van der Waals surface area contributed by atoms with Crippen LogP contribution >= 0.6 is 11.6 Å². The second kappa shape index (κ2) is 6.90. The van der Waals surface area contributed by atoms with Crippen molar-refractivity contribution in [1.82, 2.24) is 9.21 Å². The molecule has 2 rings (SSSR count). The molecule has 0 aromatic heterocycles. The van der Waals surface area contributed by atoms with Gasteiger partial charge >= 0.3 is 6.09 Å². The van der Waals surface area contributed by atoms with Crippen molar-refractivity contribution in [2.24, 2.45) is 0 Å². The fraction of sp³-hybridized carbons (Fsp3) is 0.562. The van der Waals surface area contributed by atoms with E-state index in [-0.39, 0.29) is 18.0 Å². The van der Waals surface area contributed by atoms with Crippen molar-refractivity contribution in [2.75, 3.05) is 26.2 Å². The summed E-state index contributed by atoms with van der Waals surface area (Å²) in [5, 5.41) is 0.381. The van der Waals surface area contributed by atoms with E-state index in [1.807, 2.05) is 0 Å². The highest BCUT2D eigenvalue weighted by atomic mass is 35.5. The smallest absolute Gasteiger partial charge is 0.410 e. The number of hydrogen-bond acceptors (Lipinski definition) is 4. The number of halogens is 1. The molecule has 0 bridgehead atoms. The highest BCUT2D eigenvalue weighted by Gasteiger charge is 2.32. The highest BCUT2D eigenvalue weighted by molar-refractivity contribution is 7.89. The molecule has 0 radical (unpaired) electrons. The molecule has 1 aromatic carbocycles. The van der Waals surface area contributed by atoms with Crippen molar-refractivity contribution >= 4 is 27.7 Å². The fourth-order valence-corrected chi connectivity index (χ4v) is 4.34. The van der Waals surface area contributed by atoms with Crippen LogP contribution < -0.4 is 0 Å². The topological polar surface area (TPSA) is 66.9 Å². The Bertz CT molecular complexity index is 720. The Balaban J connectivity index is 2.09. The zero-order valence-corrected chi connectivity index (χ0v) is 15.9. The SMILES string of the molecule is Cc1ccc(Cl)cc1S(=O)(=O)N1CCN(C(=O)OC(C)(C)C)CC1. The van der Waals surface area contributed by atoms with Gasteiger partial charge in [-0.15, -0.1) is 0 Å². The van der Waals surface area contributed by atoms with Crippen LogP contribution in [0.5, 0.6) is 0 Å². The molecular weight excluding hydrogens is 352 g/mol. The Morgan fingerprint density at radius 1 is 1.17 bits per heavy atom. The van der Waals surface area contributed by atoms with Gasteiger partial charge in [-0.3, -0.25) is 0 Å². The number of carbonyl (C=O) groups is 1. The second-order valence-electron chi connectivity index (χ2n) is 6.78. The fourth-order valence-electron chi connectivity index (χ4n) is 2.43. The highest BCUT2D eigenvalue weighted by Crippen LogP contribution is 2.24. The third-order valence-electron chi connectivity index (χ3n) is 3.66. The number of nitrogens with zero attached hydrogens (tertiary/aromatic N) is 2. The molecule has 0 saturated carbocycles. The molecule has 24 heavy (non-hydrogen) atoms. The lowest BCUT2D eigenvalue weighted by atomic mass is 10.2. The van der Waals surface area contributed by atoms with E-state index in [4.69, 9.17) is 16.3 Å². The maximum absolute atomic E-state index is 12.8. The quantitative estimate of drug-likeness (QED) is 0.798. The molecule has 8 heteroatoms. The average Bonchev–Trinajstić information content (AvgIpc) is 2.48. The number of rotatable bonds is 2. The van der Waals surface area contributed by atoms with Gasteiger partial charge in [0.1, 0.15) is 5.60 Å². The van der Waals surface area contributed by atoms with Crippen LogP contribution in [0.15, 0.2) is 23.1 Å². The normalized spacial score (nSPS) is 17.0. The summed E-state index contributed by atoms with van der Waals surface area (Å²) in [6.07, 6.45) is -0.418. The predicted molar refractivity (Wildman–Crippen MR) is 92.8 cm³/mol. The second-order valence-corrected chi connectivity index (χ2v) is 9.12. The lowest BCUT2D eigenvalue weighted by molar-refractivity contribution is 0.0192. The average molecular weight is 375 g/mol. The van der Waals surface area contributed by atoms with Crippen molar-refractivity contribution in [3.05, 3.63) is 28.8 Å². The van der Waals surface area contributed by atoms with E-state index in [1.54, 1.807) is 39.8 Å². The lowest BCUT2D eigenvalue weighted by Gasteiger charge is -2.35. The number of piperazine rings is 1. The third-order valence-corrected chi connectivity index (χ3v) is 5.93. The van der Waals surface area contributed by atoms with Gasteiger partial charge in [0.15, 0.2) is 0 Å². The number of hydrogen-bond donors (Lipinski definition) is 0. The standard InChI is InChI=1S/C16H23ClN2O4S/c1-12-5-6-13(17)11-14(12)24(21,22)19-9-7-18(8-10-19)15(20)23-16(2,3)4/h5-6,11H,7-10H2,1-4H3. The molecule has 0 unspecified atom stereocenters. The molecular formula is C16H23ClN2O4S. The Morgan fingerprint density at radius 3 is 2.29 bits per heavy atom. The van der Waals surface area contributed by atoms with Crippen LogP contribution in [0.4, 0.5) is 4.79 Å². The Kier molecular flexibility index (Phi) is 5.47. The van der Waals surface area contributed by atoms with Gasteiger partial charge in [0, 0.05) is 31.2 Å². The molecule has 6 nitrogen and oxygen atoms in total. The van der Waals surface area contributed by atoms with Crippen LogP contribution in [0, 0.1) is 6.92 Å². The first kappa shape index (κ1) is 19.0. The van der Waals surface area contributed by atoms with Gasteiger partial charge in [0.05, 0.1) is 4.90 Å². The summed E-state index contributed by atoms with van der Waals surface area (Å²) in [5.41, 5.74) is 0.0760. The van der Waals surface area contributed by atoms with Crippen molar-refractivity contribution in [3.63, 3.8) is 0 Å². The number of ether oxygens (including phenoxy) is 1. The first-order valence-corrected chi connectivity index (χ1v) is 9.57. The van der Waals surface area contributed by atoms with Crippen molar-refractivity contribution < 1.29 is 17.9 Å². The molecule has 0 aliphatic carbocycles. The van der Waals surface area contributed by atoms with E-state index in [9.17, 15) is 13.2 Å². The zero-order valence-electron chi connectivity index (χ0n) is 14.4. The number of benzene rings is 1. The van der Waals surface area contributed by atoms with E-state index < -0.39 is 21.7 Å². The van der Waals surface area contributed by atoms with Gasteiger partial charge in [-0.05, 0) is 45.4 Å². The Hall–Kier alpha value is -1.31. The number of carbonyl (C=O) groups excluding carboxylic acids is 1. The summed E-state index contributed by atoms with van der Waals surface area (Å²) in [4.78, 5) is 13.8. The summed E-state index contributed by atoms with van der Waals surface area (Å²) < 4.78 is 32.3. The molecule has 1 amide bonds. The van der Waals surface area contributed by atoms with Crippen molar-refractivity contribution in [2.45, 2.75) is 38.2 Å². The van der Waals surface area contributed by atoms with Crippen molar-refractivity contribution in [1.29, 1.82) is 0 Å². The van der Waals surface area contributed by atoms with Crippen LogP contribution in [0.2, 0.25) is 5.02 Å². The van der Waals surface area contributed by atoms with Crippen LogP contribution in [0.25, 0.3) is 0 Å². The lowest BCUT2D eigenvalue weighted by Crippen LogP contribution is -2.51. The maximum atomic E-state index is 12.8. The van der Waals surface area contributed by atoms with E-state index in [1.165, 1.54) is 15.3 Å². The molecule has 134 valence electrons. The minimum absolute atomic E-state index is 0.209. The van der Waals surface area contributed by atoms with E-state index in [0.29, 0.717) is 23.7 Å². The van der Waals surface area contributed by atoms with E-state index >= 15 is 0 Å². The predicted octanol–water partition coefficient (Wildman–Crippen LogP) is 2.89. The molecule has 1 aliphatic heterocycles. The summed E-state index contributed by atoms with van der Waals surface area (Å²) >= 11 is 5.94. The van der Waals surface area contributed by atoms with Gasteiger partial charge in [-0.2, -0.15) is 4.31 Å². The summed E-state index contributed by atoms with van der Waals surface area (Å²) in [6, 6.07) is 4.81. The zero-order chi connectivity index (χ0) is 18.1. The van der Waals surface area contributed by atoms with Gasteiger partial charge in [-0.1, -0.05) is 17.7 Å². The van der Waals surface area contributed by atoms with E-state index in [2.05, 4.69) is 0 Å². The Labute approximate surface area is 148 Å². The number of sulfonamides is 1. The van der Waals surface area contributed by atoms with Gasteiger partial charge in [-0.25, -0.2) is 13.2 Å². The minimum Gasteiger partial charge on any atom is -0.444 e. The molecule has 1 saturated heterocycles. The molecule has 1 aromatic rings. The number of amides is 1. The summed E-state index contributed by atoms with van der Waals surface area (Å²) in [7, 11) is -3.63. The molecule has 1 aliphatic rings. The number of aryl methyl sites for hydroxylation is 1. The molecule has 1 fully saturated rings. The van der Waals surface area contributed by atoms with Crippen LogP contribution in [-0.2, 0) is 14.8 Å². The summed E-state index contributed by atoms with van der Waals surface area (Å²) in [5.74, 6) is 0. The molecule has 0 spiro atoms. The van der Waals surface area contributed by atoms with E-state index in [0.717, 1.165) is 0 Å². The summed E-state index contributed by atoms with van der Waals surface area (Å²) in [6.45, 7) is 8.19. The largest absolute Gasteiger partial charge is 0.444 e. The minimum atomic E-state index is -3.63. The monoisotopic (exact) mass is 374 g/mol. The van der Waals surface area contributed by atoms with Crippen LogP contribution in [-0.4, -0.2) is 55.5 Å².